The number of nitrogens with one attached hydrogen (secondary N) is 1. The minimum absolute atomic E-state index is 0.00120. The van der Waals surface area contributed by atoms with Crippen molar-refractivity contribution in [1.29, 1.82) is 0 Å². The van der Waals surface area contributed by atoms with Gasteiger partial charge in [0.2, 0.25) is 10.0 Å². The highest BCUT2D eigenvalue weighted by molar-refractivity contribution is 7.89. The fourth-order valence-electron chi connectivity index (χ4n) is 4.30. The highest BCUT2D eigenvalue weighted by atomic mass is 35.5. The molecule has 2 unspecified atom stereocenters. The van der Waals surface area contributed by atoms with E-state index in [1.165, 1.54) is 18.3 Å². The monoisotopic (exact) mass is 557 g/mol. The third-order valence-electron chi connectivity index (χ3n) is 6.23. The molecule has 2 heterocycles. The van der Waals surface area contributed by atoms with E-state index in [2.05, 4.69) is 10.3 Å². The van der Waals surface area contributed by atoms with Crippen molar-refractivity contribution in [2.45, 2.75) is 36.9 Å². The number of hydrogen-bond donors (Lipinski definition) is 5. The van der Waals surface area contributed by atoms with Crippen molar-refractivity contribution in [1.82, 2.24) is 14.9 Å². The van der Waals surface area contributed by atoms with Crippen molar-refractivity contribution in [2.75, 3.05) is 12.3 Å². The van der Waals surface area contributed by atoms with Crippen molar-refractivity contribution < 1.29 is 23.4 Å². The van der Waals surface area contributed by atoms with Gasteiger partial charge in [-0.15, -0.1) is 0 Å². The Labute approximate surface area is 224 Å². The van der Waals surface area contributed by atoms with Crippen LogP contribution in [0.1, 0.15) is 40.2 Å². The zero-order chi connectivity index (χ0) is 27.6. The van der Waals surface area contributed by atoms with Crippen LogP contribution in [0, 0.1) is 0 Å². The Morgan fingerprint density at radius 1 is 1.16 bits per heavy atom. The van der Waals surface area contributed by atoms with Crippen LogP contribution in [0.25, 0.3) is 10.9 Å². The number of nitrogen functional groups attached to an aromatic ring is 1. The van der Waals surface area contributed by atoms with Crippen LogP contribution in [0.3, 0.4) is 0 Å². The zero-order valence-electron chi connectivity index (χ0n) is 20.5. The van der Waals surface area contributed by atoms with Crippen LogP contribution in [0.2, 0.25) is 5.02 Å². The number of primary sulfonamides is 1. The van der Waals surface area contributed by atoms with Gasteiger partial charge in [-0.25, -0.2) is 23.3 Å². The lowest BCUT2D eigenvalue weighted by Crippen LogP contribution is -2.32. The van der Waals surface area contributed by atoms with Crippen molar-refractivity contribution in [2.24, 2.45) is 5.14 Å². The summed E-state index contributed by atoms with van der Waals surface area (Å²) in [4.78, 5) is 15.9. The number of aromatic carboxylic acids is 1. The Bertz CT molecular complexity index is 1610. The fourth-order valence-corrected chi connectivity index (χ4v) is 5.06. The Morgan fingerprint density at radius 3 is 2.61 bits per heavy atom. The first-order valence-electron chi connectivity index (χ1n) is 11.7. The van der Waals surface area contributed by atoms with Gasteiger partial charge < -0.3 is 25.8 Å². The van der Waals surface area contributed by atoms with E-state index >= 15 is 0 Å². The molecule has 7 N–H and O–H groups in total. The maximum atomic E-state index is 12.0. The van der Waals surface area contributed by atoms with Gasteiger partial charge in [-0.05, 0) is 60.9 Å². The van der Waals surface area contributed by atoms with Crippen LogP contribution in [0.4, 0.5) is 5.82 Å². The second kappa shape index (κ2) is 11.1. The van der Waals surface area contributed by atoms with Gasteiger partial charge in [-0.2, -0.15) is 0 Å². The first kappa shape index (κ1) is 27.6. The Kier molecular flexibility index (Phi) is 8.05. The van der Waals surface area contributed by atoms with E-state index in [0.717, 1.165) is 10.9 Å². The number of rotatable bonds is 10. The summed E-state index contributed by atoms with van der Waals surface area (Å²) < 4.78 is 25.1. The summed E-state index contributed by atoms with van der Waals surface area (Å²) in [5.41, 5.74) is 8.56. The lowest BCUT2D eigenvalue weighted by atomic mass is 10.0. The molecule has 2 atom stereocenters. The fraction of sp³-hybridized carbons (Fsp3) is 0.231. The van der Waals surface area contributed by atoms with Gasteiger partial charge in [0.15, 0.2) is 0 Å². The third kappa shape index (κ3) is 6.32. The summed E-state index contributed by atoms with van der Waals surface area (Å²) in [7, 11) is -3.88. The molecule has 0 saturated heterocycles. The second-order valence-electron chi connectivity index (χ2n) is 9.17. The smallest absolute Gasteiger partial charge is 0.352 e. The van der Waals surface area contributed by atoms with E-state index in [9.17, 15) is 23.4 Å². The van der Waals surface area contributed by atoms with E-state index in [0.29, 0.717) is 23.1 Å². The Hall–Kier alpha value is -3.48. The molecule has 10 nitrogen and oxygen atoms in total. The minimum Gasteiger partial charge on any atom is -0.477 e. The molecule has 0 saturated carbocycles. The van der Waals surface area contributed by atoms with E-state index in [4.69, 9.17) is 22.5 Å². The van der Waals surface area contributed by atoms with Gasteiger partial charge in [0.25, 0.3) is 0 Å². The molecule has 0 bridgehead atoms. The number of halogens is 1. The molecule has 4 rings (SSSR count). The predicted molar refractivity (Wildman–Crippen MR) is 146 cm³/mol. The normalized spacial score (nSPS) is 13.5. The number of carboxylic acid groups (broad SMARTS) is 1. The number of sulfonamides is 1. The predicted octanol–water partition coefficient (Wildman–Crippen LogP) is 2.92. The number of nitrogens with two attached hydrogens (primary N) is 2. The molecule has 200 valence electrons. The van der Waals surface area contributed by atoms with Crippen molar-refractivity contribution >= 4 is 44.3 Å². The van der Waals surface area contributed by atoms with Crippen LogP contribution in [0.15, 0.2) is 65.7 Å². The second-order valence-corrected chi connectivity index (χ2v) is 11.1. The van der Waals surface area contributed by atoms with Crippen LogP contribution in [0.5, 0.6) is 0 Å². The Balaban J connectivity index is 1.50. The molecule has 0 amide bonds. The Morgan fingerprint density at radius 2 is 1.92 bits per heavy atom. The van der Waals surface area contributed by atoms with Crippen LogP contribution in [-0.2, 0) is 23.0 Å². The molecule has 0 aliphatic heterocycles. The third-order valence-corrected chi connectivity index (χ3v) is 7.44. The number of benzene rings is 2. The van der Waals surface area contributed by atoms with E-state index < -0.39 is 22.1 Å². The number of carbonyl (C=O) groups is 1. The SMILES string of the molecule is CC(Cc1ccc2c(c1)cc(C(=O)O)n2Cc1cccc(S(N)(=O)=O)c1)NCC(O)c1cnc(N)c(Cl)c1. The summed E-state index contributed by atoms with van der Waals surface area (Å²) in [5, 5.41) is 29.8. The zero-order valence-corrected chi connectivity index (χ0v) is 22.1. The number of aliphatic hydroxyl groups excluding tert-OH is 1. The van der Waals surface area contributed by atoms with E-state index in [1.54, 1.807) is 28.8 Å². The summed E-state index contributed by atoms with van der Waals surface area (Å²) in [6.07, 6.45) is 1.31. The molecule has 12 heteroatoms. The first-order chi connectivity index (χ1) is 17.9. The summed E-state index contributed by atoms with van der Waals surface area (Å²) in [5.74, 6) is -0.886. The maximum absolute atomic E-state index is 12.0. The molecule has 0 fully saturated rings. The highest BCUT2D eigenvalue weighted by Crippen LogP contribution is 2.25. The average molecular weight is 558 g/mol. The number of aliphatic hydroxyl groups is 1. The van der Waals surface area contributed by atoms with Crippen LogP contribution >= 0.6 is 11.6 Å². The number of aromatic nitrogens is 2. The standard InChI is InChI=1S/C26H28ClN5O5S/c1-15(30-13-24(33)19-10-21(27)25(28)31-12-19)7-16-5-6-22-18(8-16)11-23(26(34)35)32(22)14-17-3-2-4-20(9-17)38(29,36)37/h2-6,8-12,15,24,30,33H,7,13-14H2,1H3,(H2,28,31)(H,34,35)(H2,29,36,37). The topological polar surface area (TPSA) is 174 Å². The summed E-state index contributed by atoms with van der Waals surface area (Å²) in [6, 6.07) is 15.0. The lowest BCUT2D eigenvalue weighted by Gasteiger charge is -2.18. The number of hydrogen-bond acceptors (Lipinski definition) is 7. The number of pyridine rings is 1. The van der Waals surface area contributed by atoms with Crippen LogP contribution < -0.4 is 16.2 Å². The minimum atomic E-state index is -3.88. The van der Waals surface area contributed by atoms with Gasteiger partial charge in [-0.1, -0.05) is 29.8 Å². The molecular weight excluding hydrogens is 530 g/mol. The van der Waals surface area contributed by atoms with Gasteiger partial charge >= 0.3 is 5.97 Å². The summed E-state index contributed by atoms with van der Waals surface area (Å²) >= 11 is 5.99. The quantitative estimate of drug-likeness (QED) is 0.198. The molecular formula is C26H28ClN5O5S. The molecule has 0 radical (unpaired) electrons. The maximum Gasteiger partial charge on any atom is 0.352 e. The van der Waals surface area contributed by atoms with Crippen LogP contribution in [-0.4, -0.2) is 46.7 Å². The van der Waals surface area contributed by atoms with E-state index in [1.807, 2.05) is 25.1 Å². The molecule has 0 aliphatic rings. The molecule has 0 spiro atoms. The van der Waals surface area contributed by atoms with Gasteiger partial charge in [0.1, 0.15) is 11.5 Å². The largest absolute Gasteiger partial charge is 0.477 e. The molecule has 2 aromatic carbocycles. The van der Waals surface area contributed by atoms with Crippen molar-refractivity contribution in [3.63, 3.8) is 0 Å². The highest BCUT2D eigenvalue weighted by Gasteiger charge is 2.17. The van der Waals surface area contributed by atoms with Gasteiger partial charge in [0.05, 0.1) is 16.0 Å². The average Bonchev–Trinajstić information content (AvgIpc) is 3.21. The summed E-state index contributed by atoms with van der Waals surface area (Å²) in [6.45, 7) is 2.42. The molecule has 38 heavy (non-hydrogen) atoms. The number of nitrogens with zero attached hydrogens (tertiary/aromatic N) is 2. The lowest BCUT2D eigenvalue weighted by molar-refractivity contribution is 0.0686. The number of fused-ring (bicyclic) bond motifs is 1. The molecule has 4 aromatic rings. The first-order valence-corrected chi connectivity index (χ1v) is 13.6. The number of anilines is 1. The van der Waals surface area contributed by atoms with Gasteiger partial charge in [-0.3, -0.25) is 0 Å². The molecule has 0 aliphatic carbocycles. The number of carboxylic acids is 1. The van der Waals surface area contributed by atoms with Crippen molar-refractivity contribution in [3.8, 4) is 0 Å². The van der Waals surface area contributed by atoms with Gasteiger partial charge in [0, 0.05) is 41.8 Å². The van der Waals surface area contributed by atoms with Crippen molar-refractivity contribution in [3.05, 3.63) is 88.2 Å². The molecule has 2 aromatic heterocycles. The van der Waals surface area contributed by atoms with E-state index in [-0.39, 0.29) is 40.6 Å².